The van der Waals surface area contributed by atoms with Crippen molar-refractivity contribution in [2.75, 3.05) is 7.11 Å². The van der Waals surface area contributed by atoms with Gasteiger partial charge in [0.05, 0.1) is 12.8 Å². The number of methoxy groups -OCH3 is 1. The monoisotopic (exact) mass is 433 g/mol. The summed E-state index contributed by atoms with van der Waals surface area (Å²) in [6.07, 6.45) is 0. The molecular weight excluding hydrogens is 414 g/mol. The lowest BCUT2D eigenvalue weighted by Crippen LogP contribution is -2.24. The number of rotatable bonds is 3. The van der Waals surface area contributed by atoms with Gasteiger partial charge in [-0.3, -0.25) is 9.36 Å². The molecule has 1 aliphatic heterocycles. The Morgan fingerprint density at radius 2 is 1.84 bits per heavy atom. The van der Waals surface area contributed by atoms with E-state index in [1.165, 1.54) is 0 Å². The third kappa shape index (κ3) is 2.80. The maximum absolute atomic E-state index is 13.5. The number of nitrogens with zero attached hydrogens (tertiary/aromatic N) is 1. The van der Waals surface area contributed by atoms with Crippen molar-refractivity contribution in [1.82, 2.24) is 4.57 Å². The Hall–Kier alpha value is -3.45. The highest BCUT2D eigenvalue weighted by Crippen LogP contribution is 2.43. The zero-order valence-corrected chi connectivity index (χ0v) is 17.9. The van der Waals surface area contributed by atoms with E-state index < -0.39 is 16.6 Å². The summed E-state index contributed by atoms with van der Waals surface area (Å²) in [6, 6.07) is 16.4. The minimum atomic E-state index is -0.699. The van der Waals surface area contributed by atoms with Crippen LogP contribution in [-0.4, -0.2) is 16.8 Å². The summed E-state index contributed by atoms with van der Waals surface area (Å²) in [5, 5.41) is 11.0. The van der Waals surface area contributed by atoms with Crippen molar-refractivity contribution < 1.29 is 14.3 Å². The number of hydrogen-bond donors (Lipinski definition) is 1. The van der Waals surface area contributed by atoms with Gasteiger partial charge in [-0.1, -0.05) is 49.9 Å². The molecule has 5 rings (SSSR count). The van der Waals surface area contributed by atoms with Gasteiger partial charge < -0.3 is 14.3 Å². The number of aromatic nitrogens is 1. The minimum absolute atomic E-state index is 0.0127. The van der Waals surface area contributed by atoms with Crippen LogP contribution in [0.2, 0.25) is 0 Å². The molecule has 0 amide bonds. The molecule has 6 nitrogen and oxygen atoms in total. The molecule has 0 unspecified atom stereocenters. The van der Waals surface area contributed by atoms with E-state index in [9.17, 15) is 14.7 Å². The van der Waals surface area contributed by atoms with Crippen LogP contribution in [0.3, 0.4) is 0 Å². The lowest BCUT2D eigenvalue weighted by atomic mass is 9.83. The predicted octanol–water partition coefficient (Wildman–Crippen LogP) is 4.45. The van der Waals surface area contributed by atoms with Crippen LogP contribution in [0.4, 0.5) is 0 Å². The molecule has 1 N–H and O–H groups in total. The van der Waals surface area contributed by atoms with Gasteiger partial charge in [0.1, 0.15) is 21.6 Å². The SMILES string of the molecule is COc1cccc(Sc2c(O)c3c(=O)n4c(cc3oc2=O)C(C)(C)c2ccccc2-4)c1. The van der Waals surface area contributed by atoms with Crippen molar-refractivity contribution in [3.63, 3.8) is 0 Å². The number of para-hydroxylation sites is 1. The van der Waals surface area contributed by atoms with Gasteiger partial charge in [-0.15, -0.1) is 0 Å². The molecule has 0 atom stereocenters. The van der Waals surface area contributed by atoms with Crippen molar-refractivity contribution in [1.29, 1.82) is 0 Å². The van der Waals surface area contributed by atoms with E-state index in [-0.39, 0.29) is 21.6 Å². The van der Waals surface area contributed by atoms with Crippen LogP contribution in [0.1, 0.15) is 25.1 Å². The molecule has 0 aliphatic carbocycles. The lowest BCUT2D eigenvalue weighted by Gasteiger charge is -2.20. The average Bonchev–Trinajstić information content (AvgIpc) is 2.98. The highest BCUT2D eigenvalue weighted by Gasteiger charge is 2.37. The molecule has 1 aliphatic rings. The predicted molar refractivity (Wildman–Crippen MR) is 119 cm³/mol. The van der Waals surface area contributed by atoms with Crippen molar-refractivity contribution >= 4 is 22.7 Å². The molecule has 0 spiro atoms. The first kappa shape index (κ1) is 19.5. The number of aromatic hydroxyl groups is 1. The first-order chi connectivity index (χ1) is 14.8. The molecule has 4 aromatic rings. The van der Waals surface area contributed by atoms with E-state index in [1.807, 2.05) is 38.1 Å². The molecule has 156 valence electrons. The van der Waals surface area contributed by atoms with Crippen molar-refractivity contribution in [2.45, 2.75) is 29.1 Å². The summed E-state index contributed by atoms with van der Waals surface area (Å²) in [5.74, 6) is 0.243. The first-order valence-electron chi connectivity index (χ1n) is 9.71. The smallest absolute Gasteiger partial charge is 0.354 e. The Bertz CT molecular complexity index is 1480. The third-order valence-electron chi connectivity index (χ3n) is 5.73. The van der Waals surface area contributed by atoms with Crippen molar-refractivity contribution in [2.24, 2.45) is 0 Å². The standard InChI is InChI=1S/C24H19NO5S/c1-24(2)15-9-4-5-10-16(15)25-18(24)12-17-19(22(25)27)20(26)21(23(28)30-17)31-14-8-6-7-13(11-14)29-3/h4-12,26H,1-3H3. The maximum Gasteiger partial charge on any atom is 0.354 e. The van der Waals surface area contributed by atoms with Gasteiger partial charge in [-0.25, -0.2) is 4.79 Å². The van der Waals surface area contributed by atoms with Gasteiger partial charge in [0, 0.05) is 22.1 Å². The summed E-state index contributed by atoms with van der Waals surface area (Å²) in [7, 11) is 1.55. The van der Waals surface area contributed by atoms with Gasteiger partial charge in [-0.2, -0.15) is 0 Å². The number of fused-ring (bicyclic) bond motifs is 4. The number of hydrogen-bond acceptors (Lipinski definition) is 6. The van der Waals surface area contributed by atoms with E-state index in [0.717, 1.165) is 23.0 Å². The van der Waals surface area contributed by atoms with Gasteiger partial charge >= 0.3 is 5.63 Å². The average molecular weight is 433 g/mol. The molecule has 0 saturated carbocycles. The molecule has 2 aromatic carbocycles. The zero-order valence-electron chi connectivity index (χ0n) is 17.1. The summed E-state index contributed by atoms with van der Waals surface area (Å²) in [4.78, 5) is 26.9. The van der Waals surface area contributed by atoms with Crippen molar-refractivity contribution in [3.05, 3.63) is 86.6 Å². The number of ether oxygens (including phenoxy) is 1. The van der Waals surface area contributed by atoms with E-state index in [0.29, 0.717) is 16.3 Å². The minimum Gasteiger partial charge on any atom is -0.505 e. The molecule has 0 bridgehead atoms. The van der Waals surface area contributed by atoms with Crippen LogP contribution in [0.25, 0.3) is 16.7 Å². The first-order valence-corrected chi connectivity index (χ1v) is 10.5. The second-order valence-electron chi connectivity index (χ2n) is 7.90. The molecule has 0 radical (unpaired) electrons. The largest absolute Gasteiger partial charge is 0.505 e. The highest BCUT2D eigenvalue weighted by molar-refractivity contribution is 7.99. The van der Waals surface area contributed by atoms with Gasteiger partial charge in [0.25, 0.3) is 5.56 Å². The topological polar surface area (TPSA) is 81.7 Å². The quantitative estimate of drug-likeness (QED) is 0.514. The Morgan fingerprint density at radius 1 is 1.06 bits per heavy atom. The highest BCUT2D eigenvalue weighted by atomic mass is 32.2. The molecule has 2 aromatic heterocycles. The fourth-order valence-electron chi connectivity index (χ4n) is 4.15. The summed E-state index contributed by atoms with van der Waals surface area (Å²) < 4.78 is 12.3. The van der Waals surface area contributed by atoms with Gasteiger partial charge in [0.2, 0.25) is 0 Å². The molecule has 7 heteroatoms. The van der Waals surface area contributed by atoms with Gasteiger partial charge in [-0.05, 0) is 29.8 Å². The summed E-state index contributed by atoms with van der Waals surface area (Å²) in [6.45, 7) is 4.03. The Morgan fingerprint density at radius 3 is 2.61 bits per heavy atom. The Balaban J connectivity index is 1.77. The van der Waals surface area contributed by atoms with Crippen molar-refractivity contribution in [3.8, 4) is 17.2 Å². The zero-order chi connectivity index (χ0) is 21.9. The molecular formula is C24H19NO5S. The van der Waals surface area contributed by atoms with E-state index in [2.05, 4.69) is 0 Å². The maximum atomic E-state index is 13.5. The third-order valence-corrected chi connectivity index (χ3v) is 6.79. The Kier molecular flexibility index (Phi) is 4.27. The fourth-order valence-corrected chi connectivity index (χ4v) is 5.03. The fraction of sp³-hybridized carbons (Fsp3) is 0.167. The molecule has 0 fully saturated rings. The van der Waals surface area contributed by atoms with Crippen LogP contribution < -0.4 is 15.9 Å². The van der Waals surface area contributed by atoms with Crippen LogP contribution in [0.5, 0.6) is 11.5 Å². The number of benzene rings is 2. The number of pyridine rings is 1. The van der Waals surface area contributed by atoms with Crippen LogP contribution in [0.15, 0.2) is 78.4 Å². The molecule has 0 saturated heterocycles. The molecule has 3 heterocycles. The van der Waals surface area contributed by atoms with Crippen LogP contribution in [0, 0.1) is 0 Å². The normalized spacial score (nSPS) is 13.8. The van der Waals surface area contributed by atoms with E-state index in [4.69, 9.17) is 9.15 Å². The van der Waals surface area contributed by atoms with E-state index >= 15 is 0 Å². The Labute approximate surface area is 181 Å². The summed E-state index contributed by atoms with van der Waals surface area (Å²) in [5.41, 5.74) is 0.982. The van der Waals surface area contributed by atoms with Crippen LogP contribution >= 0.6 is 11.8 Å². The lowest BCUT2D eigenvalue weighted by molar-refractivity contribution is 0.413. The second-order valence-corrected chi connectivity index (χ2v) is 8.98. The summed E-state index contributed by atoms with van der Waals surface area (Å²) >= 11 is 1.03. The van der Waals surface area contributed by atoms with E-state index in [1.54, 1.807) is 42.0 Å². The molecule has 31 heavy (non-hydrogen) atoms. The second kappa shape index (κ2) is 6.78. The van der Waals surface area contributed by atoms with Gasteiger partial charge in [0.15, 0.2) is 5.75 Å². The van der Waals surface area contributed by atoms with Crippen LogP contribution in [-0.2, 0) is 5.41 Å².